The highest BCUT2D eigenvalue weighted by Crippen LogP contribution is 2.28. The van der Waals surface area contributed by atoms with E-state index < -0.39 is 10.2 Å². The average molecular weight is 303 g/mol. The fourth-order valence-corrected chi connectivity index (χ4v) is 4.98. The maximum Gasteiger partial charge on any atom is 0.281 e. The molecule has 2 N–H and O–H groups in total. The Morgan fingerprint density at radius 1 is 1.00 bits per heavy atom. The molecule has 0 saturated carbocycles. The molecule has 2 aliphatic heterocycles. The summed E-state index contributed by atoms with van der Waals surface area (Å²) in [6, 6.07) is 0. The molecule has 118 valence electrons. The van der Waals surface area contributed by atoms with E-state index in [1.807, 2.05) is 0 Å². The third-order valence-electron chi connectivity index (χ3n) is 5.00. The molecule has 2 aliphatic rings. The molecule has 2 saturated heterocycles. The van der Waals surface area contributed by atoms with Gasteiger partial charge in [0.05, 0.1) is 0 Å². The van der Waals surface area contributed by atoms with Crippen molar-refractivity contribution in [1.82, 2.24) is 8.61 Å². The van der Waals surface area contributed by atoms with Gasteiger partial charge in [-0.2, -0.15) is 17.0 Å². The van der Waals surface area contributed by atoms with Crippen LogP contribution in [0.4, 0.5) is 0 Å². The fraction of sp³-hybridized carbons (Fsp3) is 1.00. The van der Waals surface area contributed by atoms with Crippen LogP contribution in [0.25, 0.3) is 0 Å². The monoisotopic (exact) mass is 303 g/mol. The highest BCUT2D eigenvalue weighted by molar-refractivity contribution is 7.86. The Morgan fingerprint density at radius 3 is 1.85 bits per heavy atom. The first-order valence-corrected chi connectivity index (χ1v) is 9.30. The number of piperidine rings is 2. The van der Waals surface area contributed by atoms with Gasteiger partial charge in [-0.1, -0.05) is 13.8 Å². The quantitative estimate of drug-likeness (QED) is 0.850. The van der Waals surface area contributed by atoms with Crippen molar-refractivity contribution < 1.29 is 8.42 Å². The molecule has 2 heterocycles. The molecule has 0 radical (unpaired) electrons. The Labute approximate surface area is 123 Å². The van der Waals surface area contributed by atoms with Crippen molar-refractivity contribution in [2.75, 3.05) is 32.7 Å². The highest BCUT2D eigenvalue weighted by Gasteiger charge is 2.35. The first kappa shape index (κ1) is 16.2. The molecule has 0 atom stereocenters. The highest BCUT2D eigenvalue weighted by atomic mass is 32.2. The largest absolute Gasteiger partial charge is 0.330 e. The maximum absolute atomic E-state index is 12.6. The summed E-state index contributed by atoms with van der Waals surface area (Å²) in [5.41, 5.74) is 5.67. The number of rotatable bonds is 4. The van der Waals surface area contributed by atoms with Gasteiger partial charge >= 0.3 is 0 Å². The summed E-state index contributed by atoms with van der Waals surface area (Å²) in [7, 11) is -3.24. The molecule has 5 nitrogen and oxygen atoms in total. The maximum atomic E-state index is 12.6. The predicted octanol–water partition coefficient (Wildman–Crippen LogP) is 1.27. The van der Waals surface area contributed by atoms with Crippen molar-refractivity contribution >= 4 is 10.2 Å². The minimum atomic E-state index is -3.24. The van der Waals surface area contributed by atoms with Gasteiger partial charge in [0.1, 0.15) is 0 Å². The molecule has 6 heteroatoms. The zero-order valence-corrected chi connectivity index (χ0v) is 13.6. The van der Waals surface area contributed by atoms with Gasteiger partial charge in [0.15, 0.2) is 0 Å². The lowest BCUT2D eigenvalue weighted by Gasteiger charge is -2.38. The van der Waals surface area contributed by atoms with Gasteiger partial charge in [-0.25, -0.2) is 0 Å². The van der Waals surface area contributed by atoms with Crippen LogP contribution in [0.15, 0.2) is 0 Å². The van der Waals surface area contributed by atoms with Crippen LogP contribution in [0.3, 0.4) is 0 Å². The van der Waals surface area contributed by atoms with Gasteiger partial charge < -0.3 is 5.73 Å². The van der Waals surface area contributed by atoms with E-state index in [4.69, 9.17) is 5.73 Å². The summed E-state index contributed by atoms with van der Waals surface area (Å²) in [5, 5.41) is 0. The predicted molar refractivity (Wildman–Crippen MR) is 81.4 cm³/mol. The minimum Gasteiger partial charge on any atom is -0.330 e. The number of hydrogen-bond donors (Lipinski definition) is 1. The number of nitrogens with zero attached hydrogens (tertiary/aromatic N) is 2. The van der Waals surface area contributed by atoms with Gasteiger partial charge in [0, 0.05) is 26.2 Å². The third-order valence-corrected chi connectivity index (χ3v) is 7.04. The van der Waals surface area contributed by atoms with E-state index in [-0.39, 0.29) is 0 Å². The van der Waals surface area contributed by atoms with Crippen LogP contribution in [0, 0.1) is 17.8 Å². The first-order chi connectivity index (χ1) is 9.45. The molecule has 2 rings (SSSR count). The topological polar surface area (TPSA) is 66.6 Å². The lowest BCUT2D eigenvalue weighted by atomic mass is 9.87. The second kappa shape index (κ2) is 6.73. The van der Waals surface area contributed by atoms with Crippen LogP contribution in [0.2, 0.25) is 0 Å². The Kier molecular flexibility index (Phi) is 5.45. The first-order valence-electron chi connectivity index (χ1n) is 7.90. The SMILES string of the molecule is CC(C)C1CCN(S(=O)(=O)N2CCC(CN)CC2)CC1. The van der Waals surface area contributed by atoms with Gasteiger partial charge in [0.2, 0.25) is 0 Å². The standard InChI is InChI=1S/C14H29N3O2S/c1-12(2)14-5-9-17(10-6-14)20(18,19)16-7-3-13(11-15)4-8-16/h12-14H,3-11,15H2,1-2H3. The van der Waals surface area contributed by atoms with E-state index in [1.54, 1.807) is 8.61 Å². The lowest BCUT2D eigenvalue weighted by Crippen LogP contribution is -2.50. The van der Waals surface area contributed by atoms with Crippen molar-refractivity contribution in [3.63, 3.8) is 0 Å². The van der Waals surface area contributed by atoms with Crippen molar-refractivity contribution in [3.8, 4) is 0 Å². The Bertz CT molecular complexity index is 395. The van der Waals surface area contributed by atoms with E-state index in [0.29, 0.717) is 50.5 Å². The molecule has 0 aromatic rings. The zero-order chi connectivity index (χ0) is 14.8. The third kappa shape index (κ3) is 3.53. The van der Waals surface area contributed by atoms with Crippen LogP contribution in [-0.2, 0) is 10.2 Å². The molecule has 0 spiro atoms. The minimum absolute atomic E-state index is 0.494. The number of hydrogen-bond acceptors (Lipinski definition) is 3. The van der Waals surface area contributed by atoms with Crippen molar-refractivity contribution in [2.45, 2.75) is 39.5 Å². The van der Waals surface area contributed by atoms with Crippen molar-refractivity contribution in [1.29, 1.82) is 0 Å². The van der Waals surface area contributed by atoms with Crippen LogP contribution >= 0.6 is 0 Å². The van der Waals surface area contributed by atoms with E-state index in [1.165, 1.54) is 0 Å². The van der Waals surface area contributed by atoms with E-state index in [0.717, 1.165) is 25.7 Å². The second-order valence-corrected chi connectivity index (χ2v) is 8.49. The average Bonchev–Trinajstić information content (AvgIpc) is 2.47. The summed E-state index contributed by atoms with van der Waals surface area (Å²) in [6.45, 7) is 7.76. The van der Waals surface area contributed by atoms with Crippen LogP contribution < -0.4 is 5.73 Å². The van der Waals surface area contributed by atoms with Crippen LogP contribution in [-0.4, -0.2) is 49.8 Å². The Balaban J connectivity index is 1.91. The van der Waals surface area contributed by atoms with E-state index >= 15 is 0 Å². The summed E-state index contributed by atoms with van der Waals surface area (Å²) in [5.74, 6) is 1.82. The molecule has 0 aromatic heterocycles. The van der Waals surface area contributed by atoms with Crippen molar-refractivity contribution in [2.24, 2.45) is 23.5 Å². The molecule has 0 unspecified atom stereocenters. The summed E-state index contributed by atoms with van der Waals surface area (Å²) in [6.07, 6.45) is 3.79. The molecule has 20 heavy (non-hydrogen) atoms. The van der Waals surface area contributed by atoms with Gasteiger partial charge in [-0.05, 0) is 50.0 Å². The molecule has 2 fully saturated rings. The lowest BCUT2D eigenvalue weighted by molar-refractivity contribution is 0.204. The Morgan fingerprint density at radius 2 is 1.45 bits per heavy atom. The van der Waals surface area contributed by atoms with Gasteiger partial charge in [-0.3, -0.25) is 0 Å². The Hall–Kier alpha value is -0.170. The molecule has 0 aromatic carbocycles. The summed E-state index contributed by atoms with van der Waals surface area (Å²) >= 11 is 0. The summed E-state index contributed by atoms with van der Waals surface area (Å²) in [4.78, 5) is 0. The molecule has 0 amide bonds. The second-order valence-electron chi connectivity index (χ2n) is 6.57. The molecule has 0 aliphatic carbocycles. The smallest absolute Gasteiger partial charge is 0.281 e. The van der Waals surface area contributed by atoms with E-state index in [2.05, 4.69) is 13.8 Å². The summed E-state index contributed by atoms with van der Waals surface area (Å²) < 4.78 is 28.6. The van der Waals surface area contributed by atoms with E-state index in [9.17, 15) is 8.42 Å². The van der Waals surface area contributed by atoms with Crippen molar-refractivity contribution in [3.05, 3.63) is 0 Å². The van der Waals surface area contributed by atoms with Crippen LogP contribution in [0.1, 0.15) is 39.5 Å². The fourth-order valence-electron chi connectivity index (χ4n) is 3.31. The van der Waals surface area contributed by atoms with Gasteiger partial charge in [-0.15, -0.1) is 0 Å². The normalized spacial score (nSPS) is 25.4. The zero-order valence-electron chi connectivity index (χ0n) is 12.8. The van der Waals surface area contributed by atoms with Gasteiger partial charge in [0.25, 0.3) is 10.2 Å². The number of nitrogens with two attached hydrogens (primary N) is 1. The molecular formula is C14H29N3O2S. The van der Waals surface area contributed by atoms with Crippen LogP contribution in [0.5, 0.6) is 0 Å². The molecular weight excluding hydrogens is 274 g/mol. The molecule has 0 bridgehead atoms.